The third-order valence-corrected chi connectivity index (χ3v) is 4.04. The topological polar surface area (TPSA) is 64.1 Å². The predicted octanol–water partition coefficient (Wildman–Crippen LogP) is 2.77. The molecule has 1 aliphatic rings. The van der Waals surface area contributed by atoms with E-state index in [-0.39, 0.29) is 12.0 Å². The van der Waals surface area contributed by atoms with Gasteiger partial charge in [-0.1, -0.05) is 0 Å². The van der Waals surface area contributed by atoms with Gasteiger partial charge in [-0.05, 0) is 55.9 Å². The molecular formula is C18H21N3O2. The van der Waals surface area contributed by atoms with E-state index in [4.69, 9.17) is 4.74 Å². The fourth-order valence-electron chi connectivity index (χ4n) is 2.76. The Bertz CT molecular complexity index is 640. The minimum atomic E-state index is -0.0993. The number of ether oxygens (including phenoxy) is 1. The fourth-order valence-corrected chi connectivity index (χ4v) is 2.76. The zero-order valence-electron chi connectivity index (χ0n) is 13.1. The molecule has 0 unspecified atom stereocenters. The third-order valence-electron chi connectivity index (χ3n) is 4.04. The summed E-state index contributed by atoms with van der Waals surface area (Å²) in [5.41, 5.74) is 1.74. The molecule has 0 saturated heterocycles. The minimum absolute atomic E-state index is 0.0993. The van der Waals surface area contributed by atoms with Gasteiger partial charge in [0.1, 0.15) is 6.10 Å². The van der Waals surface area contributed by atoms with Crippen LogP contribution < -0.4 is 10.1 Å². The van der Waals surface area contributed by atoms with Gasteiger partial charge in [-0.25, -0.2) is 4.98 Å². The van der Waals surface area contributed by atoms with Crippen LogP contribution in [0.25, 0.3) is 0 Å². The lowest BCUT2D eigenvalue weighted by atomic mass is 10.2. The smallest absolute Gasteiger partial charge is 0.251 e. The SMILES string of the molecule is O=C(NCCc1ccncc1)c1ccnc(OC2CCCC2)c1. The lowest BCUT2D eigenvalue weighted by Gasteiger charge is -2.12. The Kier molecular flexibility index (Phi) is 5.19. The molecule has 3 rings (SSSR count). The molecule has 2 heterocycles. The van der Waals surface area contributed by atoms with Gasteiger partial charge in [0, 0.05) is 36.8 Å². The first kappa shape index (κ1) is 15.5. The van der Waals surface area contributed by atoms with Gasteiger partial charge in [-0.15, -0.1) is 0 Å². The Balaban J connectivity index is 1.52. The van der Waals surface area contributed by atoms with E-state index in [0.29, 0.717) is 18.0 Å². The molecule has 0 bridgehead atoms. The van der Waals surface area contributed by atoms with Crippen molar-refractivity contribution in [2.24, 2.45) is 0 Å². The number of nitrogens with zero attached hydrogens (tertiary/aromatic N) is 2. The van der Waals surface area contributed by atoms with Gasteiger partial charge in [0.05, 0.1) is 0 Å². The highest BCUT2D eigenvalue weighted by Crippen LogP contribution is 2.23. The van der Waals surface area contributed by atoms with E-state index in [1.165, 1.54) is 12.8 Å². The van der Waals surface area contributed by atoms with Crippen LogP contribution in [0.3, 0.4) is 0 Å². The van der Waals surface area contributed by atoms with Gasteiger partial charge in [-0.2, -0.15) is 0 Å². The zero-order valence-corrected chi connectivity index (χ0v) is 13.1. The largest absolute Gasteiger partial charge is 0.474 e. The standard InChI is InChI=1S/C18H21N3O2/c22-18(21-11-7-14-5-9-19-10-6-14)15-8-12-20-17(13-15)23-16-3-1-2-4-16/h5-6,8-10,12-13,16H,1-4,7,11H2,(H,21,22). The van der Waals surface area contributed by atoms with E-state index in [9.17, 15) is 4.79 Å². The monoisotopic (exact) mass is 311 g/mol. The maximum atomic E-state index is 12.2. The average Bonchev–Trinajstić information content (AvgIpc) is 3.09. The number of hydrogen-bond donors (Lipinski definition) is 1. The Hall–Kier alpha value is -2.43. The summed E-state index contributed by atoms with van der Waals surface area (Å²) in [6, 6.07) is 7.33. The van der Waals surface area contributed by atoms with Crippen molar-refractivity contribution in [3.63, 3.8) is 0 Å². The summed E-state index contributed by atoms with van der Waals surface area (Å²) in [7, 11) is 0. The summed E-state index contributed by atoms with van der Waals surface area (Å²) in [6.45, 7) is 0.587. The summed E-state index contributed by atoms with van der Waals surface area (Å²) in [5.74, 6) is 0.441. The second-order valence-electron chi connectivity index (χ2n) is 5.77. The van der Waals surface area contributed by atoms with Crippen LogP contribution in [0.4, 0.5) is 0 Å². The molecule has 0 atom stereocenters. The van der Waals surface area contributed by atoms with Crippen molar-refractivity contribution in [2.45, 2.75) is 38.2 Å². The van der Waals surface area contributed by atoms with Crippen LogP contribution in [0.5, 0.6) is 5.88 Å². The molecule has 2 aromatic rings. The molecule has 120 valence electrons. The number of hydrogen-bond acceptors (Lipinski definition) is 4. The van der Waals surface area contributed by atoms with Crippen molar-refractivity contribution in [3.8, 4) is 5.88 Å². The minimum Gasteiger partial charge on any atom is -0.474 e. The van der Waals surface area contributed by atoms with E-state index in [0.717, 1.165) is 24.8 Å². The van der Waals surface area contributed by atoms with E-state index in [1.54, 1.807) is 30.7 Å². The van der Waals surface area contributed by atoms with Crippen LogP contribution in [-0.4, -0.2) is 28.5 Å². The van der Waals surface area contributed by atoms with Crippen molar-refractivity contribution in [1.82, 2.24) is 15.3 Å². The van der Waals surface area contributed by atoms with Crippen molar-refractivity contribution < 1.29 is 9.53 Å². The van der Waals surface area contributed by atoms with Crippen LogP contribution in [0.2, 0.25) is 0 Å². The second-order valence-corrected chi connectivity index (χ2v) is 5.77. The van der Waals surface area contributed by atoms with Gasteiger partial charge in [0.2, 0.25) is 5.88 Å². The number of rotatable bonds is 6. The molecule has 0 radical (unpaired) electrons. The highest BCUT2D eigenvalue weighted by atomic mass is 16.5. The van der Waals surface area contributed by atoms with Crippen LogP contribution in [0.1, 0.15) is 41.6 Å². The van der Waals surface area contributed by atoms with Crippen LogP contribution in [0.15, 0.2) is 42.9 Å². The fraction of sp³-hybridized carbons (Fsp3) is 0.389. The van der Waals surface area contributed by atoms with Crippen molar-refractivity contribution in [2.75, 3.05) is 6.54 Å². The number of aromatic nitrogens is 2. The summed E-state index contributed by atoms with van der Waals surface area (Å²) >= 11 is 0. The summed E-state index contributed by atoms with van der Waals surface area (Å²) in [4.78, 5) is 20.4. The van der Waals surface area contributed by atoms with Crippen molar-refractivity contribution >= 4 is 5.91 Å². The molecule has 2 aromatic heterocycles. The predicted molar refractivity (Wildman–Crippen MR) is 87.4 cm³/mol. The molecule has 5 heteroatoms. The maximum Gasteiger partial charge on any atom is 0.251 e. The lowest BCUT2D eigenvalue weighted by molar-refractivity contribution is 0.0953. The van der Waals surface area contributed by atoms with Gasteiger partial charge in [0.25, 0.3) is 5.91 Å². The molecule has 23 heavy (non-hydrogen) atoms. The quantitative estimate of drug-likeness (QED) is 0.891. The molecule has 1 saturated carbocycles. The first-order valence-corrected chi connectivity index (χ1v) is 8.11. The highest BCUT2D eigenvalue weighted by Gasteiger charge is 2.17. The van der Waals surface area contributed by atoms with Crippen molar-refractivity contribution in [3.05, 3.63) is 54.0 Å². The average molecular weight is 311 g/mol. The van der Waals surface area contributed by atoms with Gasteiger partial charge in [0.15, 0.2) is 0 Å². The maximum absolute atomic E-state index is 12.2. The van der Waals surface area contributed by atoms with E-state index < -0.39 is 0 Å². The first-order valence-electron chi connectivity index (χ1n) is 8.11. The van der Waals surface area contributed by atoms with E-state index in [1.807, 2.05) is 12.1 Å². The Morgan fingerprint density at radius 2 is 1.96 bits per heavy atom. The first-order chi connectivity index (χ1) is 11.3. The Morgan fingerprint density at radius 1 is 1.17 bits per heavy atom. The summed E-state index contributed by atoms with van der Waals surface area (Å²) < 4.78 is 5.84. The number of carbonyl (C=O) groups is 1. The molecule has 1 fully saturated rings. The number of pyridine rings is 2. The Labute approximate surface area is 136 Å². The van der Waals surface area contributed by atoms with Gasteiger partial charge in [-0.3, -0.25) is 9.78 Å². The second kappa shape index (κ2) is 7.72. The molecule has 0 aromatic carbocycles. The van der Waals surface area contributed by atoms with Crippen LogP contribution in [0, 0.1) is 0 Å². The van der Waals surface area contributed by atoms with Gasteiger partial charge < -0.3 is 10.1 Å². The molecule has 0 spiro atoms. The molecule has 0 aliphatic heterocycles. The summed E-state index contributed by atoms with van der Waals surface area (Å²) in [5, 5.41) is 2.93. The molecule has 1 aliphatic carbocycles. The number of carbonyl (C=O) groups excluding carboxylic acids is 1. The molecule has 1 N–H and O–H groups in total. The number of amides is 1. The van der Waals surface area contributed by atoms with E-state index >= 15 is 0 Å². The lowest BCUT2D eigenvalue weighted by Crippen LogP contribution is -2.25. The normalized spacial score (nSPS) is 14.6. The van der Waals surface area contributed by atoms with Crippen LogP contribution >= 0.6 is 0 Å². The van der Waals surface area contributed by atoms with E-state index in [2.05, 4.69) is 15.3 Å². The molecule has 1 amide bonds. The highest BCUT2D eigenvalue weighted by molar-refractivity contribution is 5.94. The molecular weight excluding hydrogens is 290 g/mol. The zero-order chi connectivity index (χ0) is 15.9. The Morgan fingerprint density at radius 3 is 2.74 bits per heavy atom. The van der Waals surface area contributed by atoms with Crippen molar-refractivity contribution in [1.29, 1.82) is 0 Å². The van der Waals surface area contributed by atoms with Gasteiger partial charge >= 0.3 is 0 Å². The molecule has 5 nitrogen and oxygen atoms in total. The third kappa shape index (κ3) is 4.52. The summed E-state index contributed by atoms with van der Waals surface area (Å²) in [6.07, 6.45) is 10.7. The number of nitrogens with one attached hydrogen (secondary N) is 1. The van der Waals surface area contributed by atoms with Crippen LogP contribution in [-0.2, 0) is 6.42 Å².